The van der Waals surface area contributed by atoms with Gasteiger partial charge in [0.25, 0.3) is 0 Å². The summed E-state index contributed by atoms with van der Waals surface area (Å²) in [4.78, 5) is 23.1. The number of ether oxygens (including phenoxy) is 1. The molecule has 0 saturated heterocycles. The van der Waals surface area contributed by atoms with Crippen LogP contribution in [0.4, 0.5) is 4.39 Å². The molecule has 1 amide bonds. The van der Waals surface area contributed by atoms with Gasteiger partial charge in [-0.25, -0.2) is 9.18 Å². The van der Waals surface area contributed by atoms with Crippen molar-refractivity contribution in [1.29, 1.82) is 0 Å². The Morgan fingerprint density at radius 2 is 1.78 bits per heavy atom. The lowest BCUT2D eigenvalue weighted by Crippen LogP contribution is -2.23. The number of hydrogen-bond donors (Lipinski definition) is 1. The first kappa shape index (κ1) is 16.7. The largest absolute Gasteiger partial charge is 0.465 e. The molecule has 0 aliphatic carbocycles. The lowest BCUT2D eigenvalue weighted by Gasteiger charge is -2.07. The fraction of sp³-hybridized carbons (Fsp3) is 0.222. The molecule has 2 rings (SSSR count). The number of hydrogen-bond acceptors (Lipinski definition) is 3. The van der Waals surface area contributed by atoms with E-state index >= 15 is 0 Å². The van der Waals surface area contributed by atoms with E-state index in [1.807, 2.05) is 0 Å². The highest BCUT2D eigenvalue weighted by Gasteiger charge is 2.07. The molecule has 2 aromatic rings. The topological polar surface area (TPSA) is 55.4 Å². The van der Waals surface area contributed by atoms with Gasteiger partial charge in [0.15, 0.2) is 0 Å². The molecule has 0 spiro atoms. The number of carbonyl (C=O) groups is 2. The SMILES string of the molecule is COC(=O)c1ccc(CNC(=O)CCc2ccccc2F)cc1. The maximum absolute atomic E-state index is 13.5. The molecule has 0 aromatic heterocycles. The number of esters is 1. The van der Waals surface area contributed by atoms with Crippen molar-refractivity contribution in [2.75, 3.05) is 7.11 Å². The van der Waals surface area contributed by atoms with Crippen molar-refractivity contribution in [1.82, 2.24) is 5.32 Å². The predicted octanol–water partition coefficient (Wildman–Crippen LogP) is 2.86. The van der Waals surface area contributed by atoms with Crippen molar-refractivity contribution in [3.05, 3.63) is 71.0 Å². The Morgan fingerprint density at radius 1 is 1.09 bits per heavy atom. The van der Waals surface area contributed by atoms with Gasteiger partial charge in [0.05, 0.1) is 12.7 Å². The van der Waals surface area contributed by atoms with Gasteiger partial charge in [-0.3, -0.25) is 4.79 Å². The number of benzene rings is 2. The van der Waals surface area contributed by atoms with E-state index in [1.165, 1.54) is 13.2 Å². The van der Waals surface area contributed by atoms with Crippen LogP contribution in [0.25, 0.3) is 0 Å². The summed E-state index contributed by atoms with van der Waals surface area (Å²) in [6.07, 6.45) is 0.584. The molecular weight excluding hydrogens is 297 g/mol. The fourth-order valence-corrected chi connectivity index (χ4v) is 2.11. The number of halogens is 1. The van der Waals surface area contributed by atoms with Gasteiger partial charge >= 0.3 is 5.97 Å². The van der Waals surface area contributed by atoms with Gasteiger partial charge < -0.3 is 10.1 Å². The number of nitrogens with one attached hydrogen (secondary N) is 1. The van der Waals surface area contributed by atoms with Gasteiger partial charge in [0, 0.05) is 13.0 Å². The average Bonchev–Trinajstić information content (AvgIpc) is 2.59. The summed E-state index contributed by atoms with van der Waals surface area (Å²) in [5.41, 5.74) is 1.86. The molecular formula is C18H18FNO3. The Hall–Kier alpha value is -2.69. The number of rotatable bonds is 6. The zero-order valence-corrected chi connectivity index (χ0v) is 12.8. The molecule has 23 heavy (non-hydrogen) atoms. The zero-order chi connectivity index (χ0) is 16.7. The van der Waals surface area contributed by atoms with E-state index in [-0.39, 0.29) is 18.1 Å². The Morgan fingerprint density at radius 3 is 2.43 bits per heavy atom. The molecule has 0 fully saturated rings. The third-order valence-corrected chi connectivity index (χ3v) is 3.44. The summed E-state index contributed by atoms with van der Waals surface area (Å²) in [7, 11) is 1.33. The minimum Gasteiger partial charge on any atom is -0.465 e. The van der Waals surface area contributed by atoms with Crippen LogP contribution in [0.15, 0.2) is 48.5 Å². The van der Waals surface area contributed by atoms with E-state index < -0.39 is 5.97 Å². The van der Waals surface area contributed by atoms with Crippen LogP contribution in [0, 0.1) is 5.82 Å². The first-order valence-corrected chi connectivity index (χ1v) is 7.27. The zero-order valence-electron chi connectivity index (χ0n) is 12.8. The van der Waals surface area contributed by atoms with Crippen LogP contribution in [0.2, 0.25) is 0 Å². The third-order valence-electron chi connectivity index (χ3n) is 3.44. The smallest absolute Gasteiger partial charge is 0.337 e. The normalized spacial score (nSPS) is 10.2. The Bertz CT molecular complexity index is 683. The van der Waals surface area contributed by atoms with E-state index in [1.54, 1.807) is 42.5 Å². The van der Waals surface area contributed by atoms with Crippen LogP contribution in [0.1, 0.15) is 27.9 Å². The molecule has 0 aliphatic rings. The summed E-state index contributed by atoms with van der Waals surface area (Å²) in [6.45, 7) is 0.359. The number of amides is 1. The highest BCUT2D eigenvalue weighted by molar-refractivity contribution is 5.89. The third kappa shape index (κ3) is 4.92. The van der Waals surface area contributed by atoms with Gasteiger partial charge in [0.2, 0.25) is 5.91 Å². The van der Waals surface area contributed by atoms with Crippen molar-refractivity contribution in [2.45, 2.75) is 19.4 Å². The molecule has 1 N–H and O–H groups in total. The molecule has 0 bridgehead atoms. The summed E-state index contributed by atoms with van der Waals surface area (Å²) in [5, 5.41) is 2.77. The average molecular weight is 315 g/mol. The summed E-state index contributed by atoms with van der Waals surface area (Å²) >= 11 is 0. The molecule has 0 saturated carbocycles. The lowest BCUT2D eigenvalue weighted by atomic mass is 10.1. The highest BCUT2D eigenvalue weighted by Crippen LogP contribution is 2.09. The lowest BCUT2D eigenvalue weighted by molar-refractivity contribution is -0.121. The maximum Gasteiger partial charge on any atom is 0.337 e. The van der Waals surface area contributed by atoms with E-state index in [2.05, 4.69) is 10.1 Å². The van der Waals surface area contributed by atoms with Crippen molar-refractivity contribution in [3.8, 4) is 0 Å². The Balaban J connectivity index is 1.80. The predicted molar refractivity (Wildman–Crippen MR) is 84.3 cm³/mol. The second kappa shape index (κ2) is 8.08. The van der Waals surface area contributed by atoms with Gasteiger partial charge in [-0.2, -0.15) is 0 Å². The number of carbonyl (C=O) groups excluding carboxylic acids is 2. The quantitative estimate of drug-likeness (QED) is 0.834. The molecule has 0 unspecified atom stereocenters. The van der Waals surface area contributed by atoms with Crippen molar-refractivity contribution in [3.63, 3.8) is 0 Å². The second-order valence-corrected chi connectivity index (χ2v) is 5.06. The molecule has 0 aliphatic heterocycles. The highest BCUT2D eigenvalue weighted by atomic mass is 19.1. The minimum atomic E-state index is -0.398. The number of methoxy groups -OCH3 is 1. The monoisotopic (exact) mass is 315 g/mol. The summed E-state index contributed by atoms with van der Waals surface area (Å²) in [6, 6.07) is 13.2. The molecule has 120 valence electrons. The van der Waals surface area contributed by atoms with Gasteiger partial charge in [-0.05, 0) is 35.7 Å². The molecule has 0 heterocycles. The van der Waals surface area contributed by atoms with Crippen LogP contribution in [-0.4, -0.2) is 19.0 Å². The molecule has 4 nitrogen and oxygen atoms in total. The first-order valence-electron chi connectivity index (χ1n) is 7.27. The minimum absolute atomic E-state index is 0.148. The van der Waals surface area contributed by atoms with Gasteiger partial charge in [-0.15, -0.1) is 0 Å². The van der Waals surface area contributed by atoms with Crippen LogP contribution >= 0.6 is 0 Å². The molecule has 0 atom stereocenters. The van der Waals surface area contributed by atoms with Gasteiger partial charge in [0.1, 0.15) is 5.82 Å². The molecule has 0 radical (unpaired) electrons. The number of aryl methyl sites for hydroxylation is 1. The van der Waals surface area contributed by atoms with Gasteiger partial charge in [-0.1, -0.05) is 30.3 Å². The first-order chi connectivity index (χ1) is 11.1. The summed E-state index contributed by atoms with van der Waals surface area (Å²) < 4.78 is 18.1. The van der Waals surface area contributed by atoms with Crippen LogP contribution < -0.4 is 5.32 Å². The molecule has 5 heteroatoms. The Labute approximate surface area is 134 Å². The second-order valence-electron chi connectivity index (χ2n) is 5.06. The van der Waals surface area contributed by atoms with E-state index in [9.17, 15) is 14.0 Å². The van der Waals surface area contributed by atoms with E-state index in [0.717, 1.165) is 5.56 Å². The van der Waals surface area contributed by atoms with Crippen LogP contribution in [-0.2, 0) is 22.5 Å². The van der Waals surface area contributed by atoms with Crippen molar-refractivity contribution >= 4 is 11.9 Å². The fourth-order valence-electron chi connectivity index (χ4n) is 2.11. The van der Waals surface area contributed by atoms with Crippen LogP contribution in [0.5, 0.6) is 0 Å². The van der Waals surface area contributed by atoms with E-state index in [4.69, 9.17) is 0 Å². The van der Waals surface area contributed by atoms with Crippen LogP contribution in [0.3, 0.4) is 0 Å². The standard InChI is InChI=1S/C18H18FNO3/c1-23-18(22)15-8-6-13(7-9-15)12-20-17(21)11-10-14-4-2-3-5-16(14)19/h2-9H,10-12H2,1H3,(H,20,21). The maximum atomic E-state index is 13.5. The Kier molecular flexibility index (Phi) is 5.86. The van der Waals surface area contributed by atoms with Crippen molar-refractivity contribution in [2.24, 2.45) is 0 Å². The van der Waals surface area contributed by atoms with E-state index in [0.29, 0.717) is 24.1 Å². The van der Waals surface area contributed by atoms with Crippen molar-refractivity contribution < 1.29 is 18.7 Å². The summed E-state index contributed by atoms with van der Waals surface area (Å²) in [5.74, 6) is -0.838. The molecule has 2 aromatic carbocycles.